The highest BCUT2D eigenvalue weighted by atomic mass is 16.5. The Morgan fingerprint density at radius 1 is 1.03 bits per heavy atom. The molecule has 0 atom stereocenters. The molecule has 0 aromatic heterocycles. The quantitative estimate of drug-likeness (QED) is 0.788. The molecule has 1 spiro atoms. The lowest BCUT2D eigenvalue weighted by Gasteiger charge is -2.46. The van der Waals surface area contributed by atoms with Gasteiger partial charge in [-0.2, -0.15) is 0 Å². The van der Waals surface area contributed by atoms with E-state index in [2.05, 4.69) is 21.9 Å². The van der Waals surface area contributed by atoms with Gasteiger partial charge in [-0.25, -0.2) is 4.79 Å². The number of rotatable bonds is 3. The largest absolute Gasteiger partial charge is 0.381 e. The third kappa shape index (κ3) is 3.03. The maximum Gasteiger partial charge on any atom is 0.320 e. The van der Waals surface area contributed by atoms with Gasteiger partial charge < -0.3 is 19.4 Å². The van der Waals surface area contributed by atoms with E-state index in [0.717, 1.165) is 76.9 Å². The summed E-state index contributed by atoms with van der Waals surface area (Å²) in [5.41, 5.74) is 0.784. The molecule has 6 heteroatoms. The molecule has 0 N–H and O–H groups in total. The summed E-state index contributed by atoms with van der Waals surface area (Å²) in [7, 11) is 1.91. The maximum absolute atomic E-state index is 13.3. The van der Waals surface area contributed by atoms with Crippen LogP contribution in [0.5, 0.6) is 0 Å². The molecule has 0 unspecified atom stereocenters. The van der Waals surface area contributed by atoms with Gasteiger partial charge in [-0.05, 0) is 44.1 Å². The Bertz CT molecular complexity index is 778. The van der Waals surface area contributed by atoms with Gasteiger partial charge in [0.15, 0.2) is 0 Å². The van der Waals surface area contributed by atoms with E-state index >= 15 is 0 Å². The number of urea groups is 1. The molecule has 3 saturated heterocycles. The predicted octanol–water partition coefficient (Wildman–Crippen LogP) is 2.63. The first-order chi connectivity index (χ1) is 14.1. The van der Waals surface area contributed by atoms with E-state index in [1.54, 1.807) is 0 Å². The summed E-state index contributed by atoms with van der Waals surface area (Å²) in [6.07, 6.45) is 5.48. The van der Waals surface area contributed by atoms with Crippen LogP contribution in [-0.2, 0) is 14.9 Å². The fourth-order valence-corrected chi connectivity index (χ4v) is 5.80. The van der Waals surface area contributed by atoms with Gasteiger partial charge in [0.25, 0.3) is 0 Å². The van der Waals surface area contributed by atoms with Crippen LogP contribution in [0.4, 0.5) is 4.79 Å². The van der Waals surface area contributed by atoms with Gasteiger partial charge in [0.1, 0.15) is 0 Å². The van der Waals surface area contributed by atoms with E-state index in [1.807, 2.05) is 30.1 Å². The number of piperidine rings is 1. The van der Waals surface area contributed by atoms with Crippen molar-refractivity contribution >= 4 is 11.9 Å². The topological polar surface area (TPSA) is 53.1 Å². The lowest BCUT2D eigenvalue weighted by molar-refractivity contribution is -0.135. The summed E-state index contributed by atoms with van der Waals surface area (Å²) >= 11 is 0. The average molecular weight is 398 g/mol. The van der Waals surface area contributed by atoms with Crippen molar-refractivity contribution in [2.45, 2.75) is 55.5 Å². The minimum absolute atomic E-state index is 0.0807. The van der Waals surface area contributed by atoms with Crippen LogP contribution in [0.15, 0.2) is 30.3 Å². The van der Waals surface area contributed by atoms with Crippen molar-refractivity contribution in [3.63, 3.8) is 0 Å². The first-order valence-corrected chi connectivity index (χ1v) is 11.0. The van der Waals surface area contributed by atoms with Crippen LogP contribution in [0.3, 0.4) is 0 Å². The number of carbonyl (C=O) groups is 2. The highest BCUT2D eigenvalue weighted by Gasteiger charge is 2.55. The maximum atomic E-state index is 13.3. The molecule has 3 amide bonds. The van der Waals surface area contributed by atoms with Crippen LogP contribution in [0.25, 0.3) is 0 Å². The van der Waals surface area contributed by atoms with Crippen LogP contribution in [0.1, 0.15) is 44.1 Å². The second-order valence-electron chi connectivity index (χ2n) is 9.32. The number of likely N-dealkylation sites (N-methyl/N-ethyl adjacent to an activating group) is 1. The predicted molar refractivity (Wildman–Crippen MR) is 110 cm³/mol. The van der Waals surface area contributed by atoms with Crippen LogP contribution < -0.4 is 0 Å². The van der Waals surface area contributed by atoms with Gasteiger partial charge in [-0.1, -0.05) is 30.3 Å². The number of hydrogen-bond acceptors (Lipinski definition) is 3. The second kappa shape index (κ2) is 7.01. The summed E-state index contributed by atoms with van der Waals surface area (Å²) in [4.78, 5) is 32.4. The molecule has 29 heavy (non-hydrogen) atoms. The second-order valence-corrected chi connectivity index (χ2v) is 9.32. The molecule has 1 aliphatic carbocycles. The molecule has 0 bridgehead atoms. The molecule has 5 rings (SSSR count). The molecular weight excluding hydrogens is 366 g/mol. The SMILES string of the molecule is CN1CC2(CCOCC2)N(C2CCN(C(=O)C3(c4ccccc4)CC3)CC2)C1=O. The monoisotopic (exact) mass is 397 g/mol. The Balaban J connectivity index is 1.28. The highest BCUT2D eigenvalue weighted by molar-refractivity contribution is 5.91. The molecule has 3 heterocycles. The zero-order valence-electron chi connectivity index (χ0n) is 17.3. The lowest BCUT2D eigenvalue weighted by Crippen LogP contribution is -2.58. The Labute approximate surface area is 172 Å². The first kappa shape index (κ1) is 18.9. The third-order valence-corrected chi connectivity index (χ3v) is 7.60. The average Bonchev–Trinajstić information content (AvgIpc) is 3.53. The van der Waals surface area contributed by atoms with Gasteiger partial charge in [-0.3, -0.25) is 4.79 Å². The Morgan fingerprint density at radius 2 is 1.69 bits per heavy atom. The van der Waals surface area contributed by atoms with E-state index < -0.39 is 0 Å². The summed E-state index contributed by atoms with van der Waals surface area (Å²) in [5.74, 6) is 0.285. The fourth-order valence-electron chi connectivity index (χ4n) is 5.80. The number of ether oxygens (including phenoxy) is 1. The normalized spacial score (nSPS) is 26.2. The summed E-state index contributed by atoms with van der Waals surface area (Å²) in [6, 6.07) is 10.6. The van der Waals surface area contributed by atoms with Gasteiger partial charge >= 0.3 is 6.03 Å². The van der Waals surface area contributed by atoms with Crippen molar-refractivity contribution < 1.29 is 14.3 Å². The Kier molecular flexibility index (Phi) is 4.57. The van der Waals surface area contributed by atoms with Crippen molar-refractivity contribution in [3.8, 4) is 0 Å². The number of hydrogen-bond donors (Lipinski definition) is 0. The molecular formula is C23H31N3O3. The lowest BCUT2D eigenvalue weighted by atomic mass is 9.86. The van der Waals surface area contributed by atoms with E-state index in [1.165, 1.54) is 0 Å². The van der Waals surface area contributed by atoms with Crippen molar-refractivity contribution in [1.82, 2.24) is 14.7 Å². The van der Waals surface area contributed by atoms with Crippen molar-refractivity contribution in [3.05, 3.63) is 35.9 Å². The standard InChI is InChI=1S/C23H31N3O3/c1-24-17-22(11-15-29-16-12-22)26(21(24)28)19-7-13-25(14-8-19)20(27)23(9-10-23)18-5-3-2-4-6-18/h2-6,19H,7-17H2,1H3. The van der Waals surface area contributed by atoms with Crippen LogP contribution >= 0.6 is 0 Å². The fraction of sp³-hybridized carbons (Fsp3) is 0.652. The number of nitrogens with zero attached hydrogens (tertiary/aromatic N) is 3. The number of carbonyl (C=O) groups excluding carboxylic acids is 2. The van der Waals surface area contributed by atoms with E-state index in [0.29, 0.717) is 0 Å². The molecule has 6 nitrogen and oxygen atoms in total. The van der Waals surface area contributed by atoms with Crippen molar-refractivity contribution in [1.29, 1.82) is 0 Å². The molecule has 1 aromatic carbocycles. The van der Waals surface area contributed by atoms with Gasteiger partial charge in [0, 0.05) is 45.9 Å². The van der Waals surface area contributed by atoms with Gasteiger partial charge in [0.05, 0.1) is 11.0 Å². The van der Waals surface area contributed by atoms with Gasteiger partial charge in [-0.15, -0.1) is 0 Å². The van der Waals surface area contributed by atoms with Crippen molar-refractivity contribution in [2.75, 3.05) is 39.9 Å². The first-order valence-electron chi connectivity index (χ1n) is 11.0. The summed E-state index contributed by atoms with van der Waals surface area (Å²) < 4.78 is 5.59. The number of amides is 3. The minimum Gasteiger partial charge on any atom is -0.381 e. The van der Waals surface area contributed by atoms with Crippen LogP contribution in [0, 0.1) is 0 Å². The Morgan fingerprint density at radius 3 is 2.31 bits per heavy atom. The zero-order chi connectivity index (χ0) is 20.1. The zero-order valence-corrected chi connectivity index (χ0v) is 17.3. The Hall–Kier alpha value is -2.08. The van der Waals surface area contributed by atoms with Crippen LogP contribution in [-0.4, -0.2) is 78.1 Å². The molecule has 156 valence electrons. The summed E-state index contributed by atoms with van der Waals surface area (Å²) in [5, 5.41) is 0. The highest BCUT2D eigenvalue weighted by Crippen LogP contribution is 2.50. The third-order valence-electron chi connectivity index (χ3n) is 7.60. The smallest absolute Gasteiger partial charge is 0.320 e. The van der Waals surface area contributed by atoms with Crippen molar-refractivity contribution in [2.24, 2.45) is 0 Å². The van der Waals surface area contributed by atoms with Gasteiger partial charge in [0.2, 0.25) is 5.91 Å². The summed E-state index contributed by atoms with van der Waals surface area (Å²) in [6.45, 7) is 3.75. The molecule has 3 aliphatic heterocycles. The van der Waals surface area contributed by atoms with E-state index in [9.17, 15) is 9.59 Å². The molecule has 0 radical (unpaired) electrons. The molecule has 1 aromatic rings. The molecule has 4 aliphatic rings. The van der Waals surface area contributed by atoms with E-state index in [-0.39, 0.29) is 28.9 Å². The van der Waals surface area contributed by atoms with Crippen LogP contribution in [0.2, 0.25) is 0 Å². The number of likely N-dealkylation sites (tertiary alicyclic amines) is 1. The molecule has 1 saturated carbocycles. The minimum atomic E-state index is -0.292. The number of benzene rings is 1. The van der Waals surface area contributed by atoms with E-state index in [4.69, 9.17) is 4.74 Å². The molecule has 4 fully saturated rings.